The fourth-order valence-corrected chi connectivity index (χ4v) is 4.88. The molecule has 3 atom stereocenters. The van der Waals surface area contributed by atoms with Gasteiger partial charge in [0.05, 0.1) is 0 Å². The summed E-state index contributed by atoms with van der Waals surface area (Å²) in [5.41, 5.74) is 0.370. The van der Waals surface area contributed by atoms with Crippen LogP contribution >= 0.6 is 22.9 Å². The van der Waals surface area contributed by atoms with Crippen LogP contribution in [0.4, 0.5) is 0 Å². The monoisotopic (exact) mass is 299 g/mol. The second-order valence-electron chi connectivity index (χ2n) is 6.68. The van der Waals surface area contributed by atoms with Crippen LogP contribution in [0.3, 0.4) is 0 Å². The minimum absolute atomic E-state index is 0.142. The molecular formula is C13H18ClN3OS. The van der Waals surface area contributed by atoms with Gasteiger partial charge in [-0.2, -0.15) is 0 Å². The van der Waals surface area contributed by atoms with Gasteiger partial charge in [-0.05, 0) is 47.6 Å². The first-order chi connectivity index (χ1) is 8.83. The third kappa shape index (κ3) is 1.98. The number of carbonyl (C=O) groups is 1. The van der Waals surface area contributed by atoms with Crippen LogP contribution in [-0.4, -0.2) is 22.1 Å². The number of hydrogen-bond acceptors (Lipinski definition) is 4. The summed E-state index contributed by atoms with van der Waals surface area (Å²) in [7, 11) is 0. The van der Waals surface area contributed by atoms with E-state index in [-0.39, 0.29) is 22.8 Å². The summed E-state index contributed by atoms with van der Waals surface area (Å²) in [6.07, 6.45) is 3.69. The molecule has 1 N–H and O–H groups in total. The molecule has 1 amide bonds. The summed E-state index contributed by atoms with van der Waals surface area (Å²) in [5, 5.41) is 11.0. The van der Waals surface area contributed by atoms with Crippen molar-refractivity contribution in [2.45, 2.75) is 46.1 Å². The summed E-state index contributed by atoms with van der Waals surface area (Å²) in [6, 6.07) is 0.203. The normalized spacial score (nSPS) is 35.6. The Kier molecular flexibility index (Phi) is 2.91. The van der Waals surface area contributed by atoms with Crippen molar-refractivity contribution >= 4 is 28.8 Å². The Hall–Kier alpha value is -0.680. The molecule has 2 saturated carbocycles. The molecule has 2 bridgehead atoms. The first-order valence-electron chi connectivity index (χ1n) is 6.63. The Bertz CT molecular complexity index is 525. The Balaban J connectivity index is 1.81. The molecule has 4 nitrogen and oxygen atoms in total. The molecule has 0 aromatic carbocycles. The van der Waals surface area contributed by atoms with Crippen molar-refractivity contribution in [3.8, 4) is 0 Å². The van der Waals surface area contributed by atoms with Gasteiger partial charge in [-0.25, -0.2) is 0 Å². The van der Waals surface area contributed by atoms with Crippen molar-refractivity contribution in [2.24, 2.45) is 16.7 Å². The van der Waals surface area contributed by atoms with Gasteiger partial charge >= 0.3 is 0 Å². The van der Waals surface area contributed by atoms with E-state index in [0.717, 1.165) is 11.3 Å². The first-order valence-corrected chi connectivity index (χ1v) is 7.82. The lowest BCUT2D eigenvalue weighted by Gasteiger charge is -2.42. The molecule has 0 aliphatic heterocycles. The molecule has 1 heterocycles. The number of fused-ring (bicyclic) bond motifs is 2. The molecule has 0 radical (unpaired) electrons. The second kappa shape index (κ2) is 4.16. The summed E-state index contributed by atoms with van der Waals surface area (Å²) >= 11 is 6.86. The molecule has 3 rings (SSSR count). The molecule has 6 heteroatoms. The van der Waals surface area contributed by atoms with Crippen molar-refractivity contribution in [1.82, 2.24) is 15.5 Å². The van der Waals surface area contributed by atoms with Crippen molar-refractivity contribution in [2.75, 3.05) is 0 Å². The van der Waals surface area contributed by atoms with Crippen LogP contribution in [0.5, 0.6) is 0 Å². The lowest BCUT2D eigenvalue weighted by Crippen LogP contribution is -2.52. The molecule has 2 fully saturated rings. The second-order valence-corrected chi connectivity index (χ2v) is 8.24. The Morgan fingerprint density at radius 3 is 2.68 bits per heavy atom. The van der Waals surface area contributed by atoms with Gasteiger partial charge in [0.15, 0.2) is 0 Å². The van der Waals surface area contributed by atoms with Crippen LogP contribution in [0.25, 0.3) is 0 Å². The van der Waals surface area contributed by atoms with Gasteiger partial charge in [-0.1, -0.05) is 32.1 Å². The smallest absolute Gasteiger partial charge is 0.282 e. The first kappa shape index (κ1) is 13.3. The number of rotatable bonds is 2. The number of nitrogens with zero attached hydrogens (tertiary/aromatic N) is 2. The van der Waals surface area contributed by atoms with Gasteiger partial charge in [0, 0.05) is 6.04 Å². The zero-order valence-electron chi connectivity index (χ0n) is 11.4. The van der Waals surface area contributed by atoms with E-state index in [9.17, 15) is 4.79 Å². The molecule has 2 aliphatic rings. The number of nitrogens with one attached hydrogen (secondary N) is 1. The van der Waals surface area contributed by atoms with E-state index in [2.05, 4.69) is 36.3 Å². The van der Waals surface area contributed by atoms with Crippen LogP contribution < -0.4 is 5.32 Å². The molecule has 1 aromatic heterocycles. The van der Waals surface area contributed by atoms with Gasteiger partial charge < -0.3 is 5.32 Å². The third-order valence-corrected chi connectivity index (χ3v) is 6.16. The van der Waals surface area contributed by atoms with Crippen molar-refractivity contribution in [1.29, 1.82) is 0 Å². The van der Waals surface area contributed by atoms with Crippen LogP contribution in [-0.2, 0) is 0 Å². The highest BCUT2D eigenvalue weighted by atomic mass is 35.5. The van der Waals surface area contributed by atoms with Gasteiger partial charge in [-0.3, -0.25) is 4.79 Å². The van der Waals surface area contributed by atoms with E-state index in [1.165, 1.54) is 19.3 Å². The minimum atomic E-state index is -0.142. The largest absolute Gasteiger partial charge is 0.346 e. The average Bonchev–Trinajstić information content (AvgIpc) is 2.96. The fourth-order valence-electron chi connectivity index (χ4n) is 4.15. The SMILES string of the molecule is CC12CCC(C1)C(C)(C)C2NC(=O)c1nnc(Cl)s1. The van der Waals surface area contributed by atoms with E-state index in [1.807, 2.05) is 0 Å². The van der Waals surface area contributed by atoms with E-state index in [0.29, 0.717) is 15.4 Å². The highest BCUT2D eigenvalue weighted by Crippen LogP contribution is 2.62. The molecular weight excluding hydrogens is 282 g/mol. The van der Waals surface area contributed by atoms with Crippen molar-refractivity contribution in [3.05, 3.63) is 9.47 Å². The molecule has 0 spiro atoms. The number of aromatic nitrogens is 2. The summed E-state index contributed by atoms with van der Waals surface area (Å²) in [4.78, 5) is 12.3. The zero-order valence-corrected chi connectivity index (χ0v) is 12.9. The third-order valence-electron chi connectivity index (χ3n) is 5.14. The maximum absolute atomic E-state index is 12.3. The number of amides is 1. The molecule has 19 heavy (non-hydrogen) atoms. The van der Waals surface area contributed by atoms with Gasteiger partial charge in [0.1, 0.15) is 0 Å². The summed E-state index contributed by atoms with van der Waals surface area (Å²) in [5.74, 6) is 0.567. The molecule has 104 valence electrons. The highest BCUT2D eigenvalue weighted by molar-refractivity contribution is 7.17. The van der Waals surface area contributed by atoms with Crippen molar-refractivity contribution < 1.29 is 4.79 Å². The standard InChI is InChI=1S/C13H18ClN3OS/c1-12(2)7-4-5-13(3,6-7)10(12)15-8(18)9-16-17-11(14)19-9/h7,10H,4-6H2,1-3H3,(H,15,18). The van der Waals surface area contributed by atoms with Crippen LogP contribution in [0.2, 0.25) is 4.47 Å². The molecule has 2 aliphatic carbocycles. The van der Waals surface area contributed by atoms with E-state index < -0.39 is 0 Å². The fraction of sp³-hybridized carbons (Fsp3) is 0.769. The average molecular weight is 300 g/mol. The lowest BCUT2D eigenvalue weighted by molar-refractivity contribution is 0.0736. The zero-order chi connectivity index (χ0) is 13.8. The number of carbonyl (C=O) groups excluding carboxylic acids is 1. The topological polar surface area (TPSA) is 54.9 Å². The quantitative estimate of drug-likeness (QED) is 0.913. The highest BCUT2D eigenvalue weighted by Gasteiger charge is 2.59. The molecule has 1 aromatic rings. The van der Waals surface area contributed by atoms with E-state index in [4.69, 9.17) is 11.6 Å². The predicted octanol–water partition coefficient (Wildman–Crippen LogP) is 3.14. The van der Waals surface area contributed by atoms with Gasteiger partial charge in [0.25, 0.3) is 5.91 Å². The van der Waals surface area contributed by atoms with E-state index in [1.54, 1.807) is 0 Å². The van der Waals surface area contributed by atoms with Gasteiger partial charge in [0.2, 0.25) is 9.47 Å². The Labute approximate surface area is 121 Å². The maximum Gasteiger partial charge on any atom is 0.282 e. The number of hydrogen-bond donors (Lipinski definition) is 1. The van der Waals surface area contributed by atoms with Crippen LogP contribution in [0, 0.1) is 16.7 Å². The summed E-state index contributed by atoms with van der Waals surface area (Å²) < 4.78 is 0.309. The predicted molar refractivity (Wildman–Crippen MR) is 75.4 cm³/mol. The number of halogens is 1. The van der Waals surface area contributed by atoms with Crippen LogP contribution in [0.15, 0.2) is 0 Å². The van der Waals surface area contributed by atoms with Crippen molar-refractivity contribution in [3.63, 3.8) is 0 Å². The molecule has 0 saturated heterocycles. The lowest BCUT2D eigenvalue weighted by atomic mass is 9.68. The maximum atomic E-state index is 12.3. The van der Waals surface area contributed by atoms with Crippen LogP contribution in [0.1, 0.15) is 49.8 Å². The molecule has 3 unspecified atom stereocenters. The Morgan fingerprint density at radius 1 is 1.42 bits per heavy atom. The minimum Gasteiger partial charge on any atom is -0.346 e. The van der Waals surface area contributed by atoms with E-state index >= 15 is 0 Å². The van der Waals surface area contributed by atoms with Gasteiger partial charge in [-0.15, -0.1) is 10.2 Å². The summed E-state index contributed by atoms with van der Waals surface area (Å²) in [6.45, 7) is 6.82. The Morgan fingerprint density at radius 2 is 2.16 bits per heavy atom.